The summed E-state index contributed by atoms with van der Waals surface area (Å²) in [6, 6.07) is 7.27. The van der Waals surface area contributed by atoms with Crippen LogP contribution in [0, 0.1) is 5.82 Å². The van der Waals surface area contributed by atoms with Crippen LogP contribution in [0.5, 0.6) is 11.5 Å². The molecule has 12 heteroatoms. The third kappa shape index (κ3) is 6.74. The van der Waals surface area contributed by atoms with Crippen molar-refractivity contribution in [1.82, 2.24) is 24.6 Å². The van der Waals surface area contributed by atoms with Crippen LogP contribution in [-0.2, 0) is 4.74 Å². The monoisotopic (exact) mass is 554 g/mol. The van der Waals surface area contributed by atoms with Crippen molar-refractivity contribution in [3.8, 4) is 23.0 Å². The Bertz CT molecular complexity index is 1370. The quantitative estimate of drug-likeness (QED) is 0.452. The van der Waals surface area contributed by atoms with Gasteiger partial charge in [0.05, 0.1) is 12.2 Å². The SMILES string of the molecule is C[C@H]1CCCOc2cc(F)c(OCCN(C)C)cc2C(=O)N(C(=O)OC(C)(C)C)c2cccc(n2)-c2nncn21. The molecule has 1 aromatic carbocycles. The number of ether oxygens (including phenoxy) is 3. The Balaban J connectivity index is 1.86. The average Bonchev–Trinajstić information content (AvgIpc) is 3.36. The van der Waals surface area contributed by atoms with Gasteiger partial charge in [-0.3, -0.25) is 4.79 Å². The van der Waals surface area contributed by atoms with E-state index < -0.39 is 23.4 Å². The van der Waals surface area contributed by atoms with Gasteiger partial charge in [-0.1, -0.05) is 6.07 Å². The molecule has 2 aromatic heterocycles. The number of rotatable bonds is 4. The fourth-order valence-electron chi connectivity index (χ4n) is 4.10. The summed E-state index contributed by atoms with van der Waals surface area (Å²) in [5.74, 6) is -1.14. The van der Waals surface area contributed by atoms with Crippen molar-refractivity contribution in [3.05, 3.63) is 48.0 Å². The number of nitrogens with zero attached hydrogens (tertiary/aromatic N) is 6. The molecule has 3 aromatic rings. The Morgan fingerprint density at radius 1 is 1.25 bits per heavy atom. The van der Waals surface area contributed by atoms with Crippen molar-refractivity contribution < 1.29 is 28.2 Å². The maximum atomic E-state index is 15.1. The number of carbonyl (C=O) groups is 2. The number of aromatic nitrogens is 4. The molecule has 2 amide bonds. The number of amides is 2. The van der Waals surface area contributed by atoms with Gasteiger partial charge in [0.15, 0.2) is 17.4 Å². The van der Waals surface area contributed by atoms with E-state index in [4.69, 9.17) is 14.2 Å². The summed E-state index contributed by atoms with van der Waals surface area (Å²) in [7, 11) is 3.73. The van der Waals surface area contributed by atoms with Gasteiger partial charge in [0.2, 0.25) is 0 Å². The lowest BCUT2D eigenvalue weighted by Gasteiger charge is -2.27. The Morgan fingerprint density at radius 2 is 2.02 bits per heavy atom. The van der Waals surface area contributed by atoms with Crippen LogP contribution in [0.2, 0.25) is 0 Å². The number of pyridine rings is 1. The molecule has 1 aliphatic rings. The van der Waals surface area contributed by atoms with Gasteiger partial charge in [-0.25, -0.2) is 14.2 Å². The zero-order chi connectivity index (χ0) is 29.0. The molecule has 0 fully saturated rings. The summed E-state index contributed by atoms with van der Waals surface area (Å²) in [6.07, 6.45) is 1.96. The van der Waals surface area contributed by atoms with Gasteiger partial charge in [0.25, 0.3) is 5.91 Å². The van der Waals surface area contributed by atoms with Crippen LogP contribution in [0.3, 0.4) is 0 Å². The molecule has 1 aliphatic heterocycles. The maximum Gasteiger partial charge on any atom is 0.423 e. The Kier molecular flexibility index (Phi) is 8.67. The van der Waals surface area contributed by atoms with Crippen LogP contribution in [0.15, 0.2) is 36.7 Å². The lowest BCUT2D eigenvalue weighted by molar-refractivity contribution is 0.0562. The first-order valence-corrected chi connectivity index (χ1v) is 13.1. The summed E-state index contributed by atoms with van der Waals surface area (Å²) in [4.78, 5) is 34.9. The third-order valence-corrected chi connectivity index (χ3v) is 6.10. The first kappa shape index (κ1) is 28.9. The van der Waals surface area contributed by atoms with E-state index in [1.807, 2.05) is 30.5 Å². The van der Waals surface area contributed by atoms with Gasteiger partial charge >= 0.3 is 6.09 Å². The van der Waals surface area contributed by atoms with Crippen LogP contribution in [0.1, 0.15) is 56.9 Å². The Labute approximate surface area is 232 Å². The molecule has 0 radical (unpaired) electrons. The van der Waals surface area contributed by atoms with Crippen molar-refractivity contribution in [2.24, 2.45) is 0 Å². The number of imide groups is 1. The van der Waals surface area contributed by atoms with E-state index in [0.29, 0.717) is 30.9 Å². The standard InChI is InChI=1S/C28H35FN6O5/c1-18-9-8-13-38-22-16-20(29)23(39-14-12-33(5)6)15-19(22)26(36)35(27(37)40-28(2,3)4)24-11-7-10-21(31-24)25-32-30-17-34(18)25/h7,10-11,15-18H,8-9,12-14H2,1-6H3/t18-/m0/s1. The van der Waals surface area contributed by atoms with Crippen LogP contribution in [-0.4, -0.2) is 76.1 Å². The van der Waals surface area contributed by atoms with Gasteiger partial charge < -0.3 is 23.7 Å². The Hall–Kier alpha value is -4.06. The largest absolute Gasteiger partial charge is 0.493 e. The van der Waals surface area contributed by atoms with Gasteiger partial charge in [-0.15, -0.1) is 10.2 Å². The normalized spacial score (nSPS) is 16.1. The number of benzene rings is 1. The minimum atomic E-state index is -0.950. The maximum absolute atomic E-state index is 15.1. The number of hydrogen-bond donors (Lipinski definition) is 0. The predicted octanol–water partition coefficient (Wildman–Crippen LogP) is 4.74. The summed E-state index contributed by atoms with van der Waals surface area (Å²) >= 11 is 0. The van der Waals surface area contributed by atoms with E-state index in [2.05, 4.69) is 15.2 Å². The number of anilines is 1. The van der Waals surface area contributed by atoms with Crippen molar-refractivity contribution in [3.63, 3.8) is 0 Å². The first-order valence-electron chi connectivity index (χ1n) is 13.1. The second-order valence-electron chi connectivity index (χ2n) is 10.8. The molecule has 40 heavy (non-hydrogen) atoms. The molecule has 11 nitrogen and oxygen atoms in total. The number of fused-ring (bicyclic) bond motifs is 5. The van der Waals surface area contributed by atoms with Crippen LogP contribution in [0.25, 0.3) is 11.5 Å². The average molecular weight is 555 g/mol. The summed E-state index contributed by atoms with van der Waals surface area (Å²) in [5.41, 5.74) is -0.553. The van der Waals surface area contributed by atoms with Crippen molar-refractivity contribution in [1.29, 1.82) is 0 Å². The van der Waals surface area contributed by atoms with E-state index in [9.17, 15) is 9.59 Å². The number of carbonyl (C=O) groups excluding carboxylic acids is 2. The molecule has 214 valence electrons. The van der Waals surface area contributed by atoms with Crippen LogP contribution < -0.4 is 14.4 Å². The molecule has 0 spiro atoms. The molecule has 3 heterocycles. The lowest BCUT2D eigenvalue weighted by atomic mass is 10.1. The molecule has 0 unspecified atom stereocenters. The highest BCUT2D eigenvalue weighted by atomic mass is 19.1. The zero-order valence-corrected chi connectivity index (χ0v) is 23.7. The van der Waals surface area contributed by atoms with E-state index in [0.717, 1.165) is 11.0 Å². The lowest BCUT2D eigenvalue weighted by Crippen LogP contribution is -2.41. The topological polar surface area (TPSA) is 112 Å². The molecular weight excluding hydrogens is 519 g/mol. The minimum Gasteiger partial charge on any atom is -0.493 e. The van der Waals surface area contributed by atoms with Gasteiger partial charge in [0, 0.05) is 18.7 Å². The molecule has 4 rings (SSSR count). The summed E-state index contributed by atoms with van der Waals surface area (Å²) in [6.45, 7) is 8.02. The van der Waals surface area contributed by atoms with Gasteiger partial charge in [-0.05, 0) is 72.8 Å². The second kappa shape index (κ2) is 12.0. The number of hydrogen-bond acceptors (Lipinski definition) is 9. The van der Waals surface area contributed by atoms with Crippen LogP contribution in [0.4, 0.5) is 15.0 Å². The van der Waals surface area contributed by atoms with E-state index in [1.165, 1.54) is 12.1 Å². The summed E-state index contributed by atoms with van der Waals surface area (Å²) < 4.78 is 34.1. The smallest absolute Gasteiger partial charge is 0.423 e. The third-order valence-electron chi connectivity index (χ3n) is 6.10. The van der Waals surface area contributed by atoms with Crippen molar-refractivity contribution >= 4 is 17.8 Å². The zero-order valence-electron chi connectivity index (χ0n) is 23.7. The minimum absolute atomic E-state index is 0.00126. The van der Waals surface area contributed by atoms with Gasteiger partial charge in [-0.2, -0.15) is 4.90 Å². The van der Waals surface area contributed by atoms with Gasteiger partial charge in [0.1, 0.15) is 35.8 Å². The molecular formula is C28H35FN6O5. The number of likely N-dealkylation sites (N-methyl/N-ethyl adjacent to an activating group) is 1. The highest BCUT2D eigenvalue weighted by molar-refractivity contribution is 6.20. The Morgan fingerprint density at radius 3 is 2.75 bits per heavy atom. The highest BCUT2D eigenvalue weighted by Crippen LogP contribution is 2.32. The molecule has 0 saturated carbocycles. The highest BCUT2D eigenvalue weighted by Gasteiger charge is 2.34. The first-order chi connectivity index (χ1) is 18.9. The molecule has 0 saturated heterocycles. The van der Waals surface area contributed by atoms with Crippen molar-refractivity contribution in [2.45, 2.75) is 52.2 Å². The molecule has 0 aliphatic carbocycles. The number of halogens is 1. The van der Waals surface area contributed by atoms with Crippen LogP contribution >= 0.6 is 0 Å². The van der Waals surface area contributed by atoms with E-state index in [1.54, 1.807) is 39.2 Å². The predicted molar refractivity (Wildman–Crippen MR) is 146 cm³/mol. The van der Waals surface area contributed by atoms with Crippen molar-refractivity contribution in [2.75, 3.05) is 38.8 Å². The fourth-order valence-corrected chi connectivity index (χ4v) is 4.10. The molecule has 1 atom stereocenters. The second-order valence-corrected chi connectivity index (χ2v) is 10.8. The van der Waals surface area contributed by atoms with E-state index in [-0.39, 0.29) is 42.1 Å². The summed E-state index contributed by atoms with van der Waals surface area (Å²) in [5, 5.41) is 8.29. The molecule has 2 bridgehead atoms. The van der Waals surface area contributed by atoms with E-state index >= 15 is 4.39 Å². The fraction of sp³-hybridized carbons (Fsp3) is 0.464. The molecule has 0 N–H and O–H groups in total.